The Kier molecular flexibility index (Phi) is 3.62. The molecule has 1 aliphatic rings. The maximum Gasteiger partial charge on any atom is 0.408 e. The first-order valence-corrected chi connectivity index (χ1v) is 5.30. The van der Waals surface area contributed by atoms with Crippen molar-refractivity contribution in [3.8, 4) is 0 Å². The van der Waals surface area contributed by atoms with E-state index in [1.165, 1.54) is 0 Å². The molecule has 6 heteroatoms. The third-order valence-corrected chi connectivity index (χ3v) is 2.20. The number of hydrogen-bond acceptors (Lipinski definition) is 4. The standard InChI is InChI=1S/C10H19N3O3/c1-10(2,3)16-9(14)12-7(6-4-5-6)8(11)13-15/h6-7,15H,4-5H2,1-3H3,(H2,11,13)(H,12,14). The minimum absolute atomic E-state index is 0.0216. The van der Waals surface area contributed by atoms with Crippen LogP contribution >= 0.6 is 0 Å². The molecule has 6 nitrogen and oxygen atoms in total. The van der Waals surface area contributed by atoms with Crippen molar-refractivity contribution in [2.24, 2.45) is 16.8 Å². The largest absolute Gasteiger partial charge is 0.444 e. The molecule has 0 aromatic rings. The van der Waals surface area contributed by atoms with E-state index in [0.717, 1.165) is 12.8 Å². The summed E-state index contributed by atoms with van der Waals surface area (Å²) < 4.78 is 5.10. The molecule has 92 valence electrons. The monoisotopic (exact) mass is 229 g/mol. The Balaban J connectivity index is 2.52. The number of ether oxygens (including phenoxy) is 1. The van der Waals surface area contributed by atoms with Crippen molar-refractivity contribution in [3.63, 3.8) is 0 Å². The molecule has 0 saturated heterocycles. The van der Waals surface area contributed by atoms with Crippen molar-refractivity contribution in [2.75, 3.05) is 0 Å². The van der Waals surface area contributed by atoms with Crippen LogP contribution in [0, 0.1) is 5.92 Å². The predicted octanol–water partition coefficient (Wildman–Crippen LogP) is 1.04. The summed E-state index contributed by atoms with van der Waals surface area (Å²) in [4.78, 5) is 11.5. The van der Waals surface area contributed by atoms with Crippen LogP contribution < -0.4 is 11.1 Å². The highest BCUT2D eigenvalue weighted by molar-refractivity contribution is 5.89. The quantitative estimate of drug-likeness (QED) is 0.291. The number of oxime groups is 1. The Hall–Kier alpha value is -1.46. The number of nitrogens with zero attached hydrogens (tertiary/aromatic N) is 1. The van der Waals surface area contributed by atoms with Gasteiger partial charge in [0.25, 0.3) is 0 Å². The van der Waals surface area contributed by atoms with Gasteiger partial charge in [0.2, 0.25) is 0 Å². The minimum atomic E-state index is -0.552. The summed E-state index contributed by atoms with van der Waals surface area (Å²) in [5.41, 5.74) is 4.95. The molecule has 1 unspecified atom stereocenters. The Morgan fingerprint density at radius 3 is 2.50 bits per heavy atom. The number of amides is 1. The smallest absolute Gasteiger partial charge is 0.408 e. The Morgan fingerprint density at radius 1 is 1.56 bits per heavy atom. The maximum absolute atomic E-state index is 11.5. The van der Waals surface area contributed by atoms with Crippen molar-refractivity contribution in [1.29, 1.82) is 0 Å². The first kappa shape index (κ1) is 12.6. The molecule has 1 atom stereocenters. The second kappa shape index (κ2) is 4.59. The van der Waals surface area contributed by atoms with Crippen LogP contribution in [-0.2, 0) is 4.74 Å². The van der Waals surface area contributed by atoms with Gasteiger partial charge in [-0.3, -0.25) is 0 Å². The fraction of sp³-hybridized carbons (Fsp3) is 0.800. The van der Waals surface area contributed by atoms with Crippen LogP contribution in [0.15, 0.2) is 5.16 Å². The third kappa shape index (κ3) is 3.96. The summed E-state index contributed by atoms with van der Waals surface area (Å²) >= 11 is 0. The lowest BCUT2D eigenvalue weighted by molar-refractivity contribution is 0.0513. The average Bonchev–Trinajstić information content (AvgIpc) is 2.93. The van der Waals surface area contributed by atoms with Gasteiger partial charge in [-0.15, -0.1) is 0 Å². The van der Waals surface area contributed by atoms with Crippen LogP contribution in [0.1, 0.15) is 33.6 Å². The van der Waals surface area contributed by atoms with Crippen molar-refractivity contribution < 1.29 is 14.7 Å². The fourth-order valence-electron chi connectivity index (χ4n) is 1.36. The topological polar surface area (TPSA) is 96.9 Å². The number of hydrogen-bond donors (Lipinski definition) is 3. The van der Waals surface area contributed by atoms with E-state index in [0.29, 0.717) is 0 Å². The molecule has 1 aliphatic carbocycles. The molecule has 16 heavy (non-hydrogen) atoms. The lowest BCUT2D eigenvalue weighted by Gasteiger charge is -2.22. The molecular weight excluding hydrogens is 210 g/mol. The van der Waals surface area contributed by atoms with E-state index in [2.05, 4.69) is 10.5 Å². The molecule has 0 aliphatic heterocycles. The van der Waals surface area contributed by atoms with E-state index in [1.807, 2.05) is 0 Å². The van der Waals surface area contributed by atoms with Crippen molar-refractivity contribution >= 4 is 11.9 Å². The number of nitrogens with two attached hydrogens (primary N) is 1. The summed E-state index contributed by atoms with van der Waals surface area (Å²) in [6.07, 6.45) is 1.39. The highest BCUT2D eigenvalue weighted by atomic mass is 16.6. The molecule has 0 aromatic carbocycles. The van der Waals surface area contributed by atoms with Crippen LogP contribution in [0.25, 0.3) is 0 Å². The zero-order valence-corrected chi connectivity index (χ0v) is 9.86. The second-order valence-corrected chi connectivity index (χ2v) is 4.99. The molecule has 0 bridgehead atoms. The SMILES string of the molecule is CC(C)(C)OC(=O)NC(/C(N)=N/O)C1CC1. The number of alkyl carbamates (subject to hydrolysis) is 1. The van der Waals surface area contributed by atoms with Gasteiger partial charge in [0.1, 0.15) is 5.60 Å². The van der Waals surface area contributed by atoms with Gasteiger partial charge in [-0.1, -0.05) is 5.16 Å². The van der Waals surface area contributed by atoms with Crippen LogP contribution in [0.2, 0.25) is 0 Å². The van der Waals surface area contributed by atoms with Crippen LogP contribution in [0.5, 0.6) is 0 Å². The van der Waals surface area contributed by atoms with Gasteiger partial charge in [-0.2, -0.15) is 0 Å². The normalized spacial score (nSPS) is 19.1. The van der Waals surface area contributed by atoms with Gasteiger partial charge < -0.3 is 21.0 Å². The first-order chi connectivity index (χ1) is 7.33. The Bertz CT molecular complexity index is 292. The van der Waals surface area contributed by atoms with Crippen LogP contribution in [0.4, 0.5) is 4.79 Å². The molecule has 1 amide bonds. The zero-order valence-electron chi connectivity index (χ0n) is 9.86. The molecule has 1 fully saturated rings. The molecule has 0 radical (unpaired) electrons. The number of rotatable bonds is 3. The van der Waals surface area contributed by atoms with E-state index in [-0.39, 0.29) is 11.8 Å². The van der Waals surface area contributed by atoms with E-state index < -0.39 is 17.7 Å². The highest BCUT2D eigenvalue weighted by Crippen LogP contribution is 2.32. The van der Waals surface area contributed by atoms with Gasteiger partial charge in [-0.25, -0.2) is 4.79 Å². The summed E-state index contributed by atoms with van der Waals surface area (Å²) in [6, 6.07) is -0.431. The average molecular weight is 229 g/mol. The first-order valence-electron chi connectivity index (χ1n) is 5.30. The van der Waals surface area contributed by atoms with E-state index in [9.17, 15) is 4.79 Å². The molecule has 4 N–H and O–H groups in total. The summed E-state index contributed by atoms with van der Waals surface area (Å²) in [5.74, 6) is 0.275. The number of carbonyl (C=O) groups is 1. The van der Waals surface area contributed by atoms with Crippen molar-refractivity contribution in [1.82, 2.24) is 5.32 Å². The summed E-state index contributed by atoms with van der Waals surface area (Å²) in [6.45, 7) is 5.34. The lowest BCUT2D eigenvalue weighted by Crippen LogP contribution is -2.47. The molecule has 1 rings (SSSR count). The highest BCUT2D eigenvalue weighted by Gasteiger charge is 2.36. The molecular formula is C10H19N3O3. The predicted molar refractivity (Wildman–Crippen MR) is 59.3 cm³/mol. The van der Waals surface area contributed by atoms with Gasteiger partial charge in [0.05, 0.1) is 6.04 Å². The summed E-state index contributed by atoms with van der Waals surface area (Å²) in [5, 5.41) is 14.1. The molecule has 0 heterocycles. The lowest BCUT2D eigenvalue weighted by atomic mass is 10.1. The van der Waals surface area contributed by atoms with Crippen LogP contribution in [-0.4, -0.2) is 28.8 Å². The number of carbonyl (C=O) groups excluding carboxylic acids is 1. The van der Waals surface area contributed by atoms with Gasteiger partial charge in [0.15, 0.2) is 5.84 Å². The molecule has 0 spiro atoms. The molecule has 0 aromatic heterocycles. The van der Waals surface area contributed by atoms with Crippen molar-refractivity contribution in [2.45, 2.75) is 45.3 Å². The summed E-state index contributed by atoms with van der Waals surface area (Å²) in [7, 11) is 0. The number of amidine groups is 1. The third-order valence-electron chi connectivity index (χ3n) is 2.20. The molecule has 1 saturated carbocycles. The Morgan fingerprint density at radius 2 is 2.12 bits per heavy atom. The fourth-order valence-corrected chi connectivity index (χ4v) is 1.36. The minimum Gasteiger partial charge on any atom is -0.444 e. The van der Waals surface area contributed by atoms with E-state index in [4.69, 9.17) is 15.7 Å². The number of nitrogens with one attached hydrogen (secondary N) is 1. The van der Waals surface area contributed by atoms with E-state index >= 15 is 0 Å². The second-order valence-electron chi connectivity index (χ2n) is 4.99. The van der Waals surface area contributed by atoms with Crippen LogP contribution in [0.3, 0.4) is 0 Å². The van der Waals surface area contributed by atoms with Gasteiger partial charge >= 0.3 is 6.09 Å². The van der Waals surface area contributed by atoms with Gasteiger partial charge in [0, 0.05) is 0 Å². The van der Waals surface area contributed by atoms with E-state index in [1.54, 1.807) is 20.8 Å². The maximum atomic E-state index is 11.5. The Labute approximate surface area is 94.8 Å². The van der Waals surface area contributed by atoms with Crippen molar-refractivity contribution in [3.05, 3.63) is 0 Å². The van der Waals surface area contributed by atoms with Gasteiger partial charge in [-0.05, 0) is 39.5 Å². The zero-order chi connectivity index (χ0) is 12.3.